The summed E-state index contributed by atoms with van der Waals surface area (Å²) in [6.45, 7) is 5.82. The van der Waals surface area contributed by atoms with Gasteiger partial charge in [-0.15, -0.1) is 0 Å². The number of carbonyl (C=O) groups excluding carboxylic acids is 2. The summed E-state index contributed by atoms with van der Waals surface area (Å²) < 4.78 is 16.3. The number of ether oxygens (including phenoxy) is 2. The summed E-state index contributed by atoms with van der Waals surface area (Å²) in [6.07, 6.45) is 3.05. The maximum absolute atomic E-state index is 12.3. The molecule has 8 heteroatoms. The number of rotatable bonds is 7. The molecule has 0 aliphatic carbocycles. The molecule has 0 atom stereocenters. The molecule has 0 unspecified atom stereocenters. The number of primary amides is 1. The number of nitrogens with two attached hydrogens (primary N) is 1. The van der Waals surface area contributed by atoms with E-state index >= 15 is 0 Å². The summed E-state index contributed by atoms with van der Waals surface area (Å²) in [5.41, 5.74) is 7.58. The van der Waals surface area contributed by atoms with Crippen LogP contribution in [0.4, 0.5) is 5.69 Å². The van der Waals surface area contributed by atoms with Crippen LogP contribution in [0.3, 0.4) is 0 Å². The Morgan fingerprint density at radius 2 is 1.94 bits per heavy atom. The second-order valence-corrected chi connectivity index (χ2v) is 7.94. The summed E-state index contributed by atoms with van der Waals surface area (Å²) in [6, 6.07) is 10.4. The Hall–Kier alpha value is -3.81. The average Bonchev–Trinajstić information content (AvgIpc) is 3.15. The first kappa shape index (κ1) is 21.9. The molecule has 0 saturated heterocycles. The van der Waals surface area contributed by atoms with Crippen molar-refractivity contribution in [1.82, 2.24) is 4.98 Å². The number of hydrogen-bond acceptors (Lipinski definition) is 6. The molecular weight excluding hydrogens is 398 g/mol. The van der Waals surface area contributed by atoms with E-state index in [1.54, 1.807) is 42.5 Å². The van der Waals surface area contributed by atoms with Gasteiger partial charge in [0, 0.05) is 17.2 Å². The maximum atomic E-state index is 12.3. The normalized spacial score (nSPS) is 11.6. The number of hydrogen-bond donors (Lipinski definition) is 2. The van der Waals surface area contributed by atoms with Crippen molar-refractivity contribution in [2.24, 2.45) is 5.73 Å². The van der Waals surface area contributed by atoms with Crippen LogP contribution >= 0.6 is 0 Å². The molecule has 8 nitrogen and oxygen atoms in total. The Morgan fingerprint density at radius 3 is 2.61 bits per heavy atom. The lowest BCUT2D eigenvalue weighted by molar-refractivity contribution is -0.120. The number of benzene rings is 2. The third-order valence-corrected chi connectivity index (χ3v) is 4.28. The van der Waals surface area contributed by atoms with Gasteiger partial charge in [-0.3, -0.25) is 9.59 Å². The molecule has 2 aromatic carbocycles. The molecule has 0 radical (unpaired) electrons. The highest BCUT2D eigenvalue weighted by Crippen LogP contribution is 2.29. The zero-order valence-corrected chi connectivity index (χ0v) is 17.9. The van der Waals surface area contributed by atoms with Crippen molar-refractivity contribution >= 4 is 34.7 Å². The highest BCUT2D eigenvalue weighted by Gasteiger charge is 2.21. The number of carbonyl (C=O) groups is 2. The molecule has 0 bridgehead atoms. The Kier molecular flexibility index (Phi) is 6.29. The minimum atomic E-state index is -0.582. The smallest absolute Gasteiger partial charge is 0.255 e. The monoisotopic (exact) mass is 423 g/mol. The van der Waals surface area contributed by atoms with Gasteiger partial charge < -0.3 is 24.9 Å². The second kappa shape index (κ2) is 8.91. The first-order valence-electron chi connectivity index (χ1n) is 9.65. The van der Waals surface area contributed by atoms with E-state index in [-0.39, 0.29) is 17.9 Å². The van der Waals surface area contributed by atoms with Gasteiger partial charge in [0.15, 0.2) is 23.7 Å². The number of anilines is 1. The SMILES string of the molecule is COc1cc(/C=C/C(=O)Nc2ccc3oc(C(C)(C)C)nc3c2)ccc1OCC(N)=O. The quantitative estimate of drug-likeness (QED) is 0.560. The Balaban J connectivity index is 1.69. The molecule has 3 aromatic rings. The van der Waals surface area contributed by atoms with E-state index in [9.17, 15) is 9.59 Å². The van der Waals surface area contributed by atoms with Crippen LogP contribution in [0.2, 0.25) is 0 Å². The van der Waals surface area contributed by atoms with Gasteiger partial charge in [-0.2, -0.15) is 0 Å². The van der Waals surface area contributed by atoms with Gasteiger partial charge in [0.1, 0.15) is 5.52 Å². The fourth-order valence-corrected chi connectivity index (χ4v) is 2.74. The molecule has 0 saturated carbocycles. The van der Waals surface area contributed by atoms with Crippen LogP contribution in [-0.2, 0) is 15.0 Å². The van der Waals surface area contributed by atoms with E-state index in [1.165, 1.54) is 13.2 Å². The minimum absolute atomic E-state index is 0.202. The van der Waals surface area contributed by atoms with E-state index in [1.807, 2.05) is 20.8 Å². The van der Waals surface area contributed by atoms with Gasteiger partial charge in [0.2, 0.25) is 11.8 Å². The molecule has 0 spiro atoms. The van der Waals surface area contributed by atoms with E-state index in [4.69, 9.17) is 19.6 Å². The molecule has 0 aliphatic heterocycles. The topological polar surface area (TPSA) is 117 Å². The van der Waals surface area contributed by atoms with Crippen molar-refractivity contribution in [3.05, 3.63) is 53.9 Å². The number of aromatic nitrogens is 1. The first-order chi connectivity index (χ1) is 14.7. The number of oxazole rings is 1. The molecule has 3 rings (SSSR count). The van der Waals surface area contributed by atoms with Gasteiger partial charge in [-0.1, -0.05) is 26.8 Å². The number of nitrogens with one attached hydrogen (secondary N) is 1. The summed E-state index contributed by atoms with van der Waals surface area (Å²) in [7, 11) is 1.48. The van der Waals surface area contributed by atoms with Crippen molar-refractivity contribution in [1.29, 1.82) is 0 Å². The van der Waals surface area contributed by atoms with Crippen LogP contribution in [-0.4, -0.2) is 30.5 Å². The van der Waals surface area contributed by atoms with Crippen molar-refractivity contribution in [3.8, 4) is 11.5 Å². The number of nitrogens with zero attached hydrogens (tertiary/aromatic N) is 1. The van der Waals surface area contributed by atoms with Gasteiger partial charge in [0.05, 0.1) is 7.11 Å². The lowest BCUT2D eigenvalue weighted by Crippen LogP contribution is -2.20. The number of methoxy groups -OCH3 is 1. The van der Waals surface area contributed by atoms with Gasteiger partial charge in [0.25, 0.3) is 5.91 Å². The molecule has 3 N–H and O–H groups in total. The third kappa shape index (κ3) is 5.63. The van der Waals surface area contributed by atoms with E-state index in [0.717, 1.165) is 5.56 Å². The maximum Gasteiger partial charge on any atom is 0.255 e. The average molecular weight is 423 g/mol. The fourth-order valence-electron chi connectivity index (χ4n) is 2.74. The van der Waals surface area contributed by atoms with Crippen LogP contribution in [0.5, 0.6) is 11.5 Å². The molecule has 31 heavy (non-hydrogen) atoms. The van der Waals surface area contributed by atoms with E-state index < -0.39 is 5.91 Å². The Bertz CT molecular complexity index is 1140. The lowest BCUT2D eigenvalue weighted by Gasteiger charge is -2.11. The molecule has 1 aromatic heterocycles. The zero-order chi connectivity index (χ0) is 22.6. The molecular formula is C23H25N3O5. The summed E-state index contributed by atoms with van der Waals surface area (Å²) in [5, 5.41) is 2.81. The van der Waals surface area contributed by atoms with Crippen LogP contribution < -0.4 is 20.5 Å². The van der Waals surface area contributed by atoms with Crippen LogP contribution in [0.1, 0.15) is 32.2 Å². The highest BCUT2D eigenvalue weighted by molar-refractivity contribution is 6.02. The highest BCUT2D eigenvalue weighted by atomic mass is 16.5. The van der Waals surface area contributed by atoms with Crippen molar-refractivity contribution < 1.29 is 23.5 Å². The van der Waals surface area contributed by atoms with E-state index in [0.29, 0.717) is 34.2 Å². The fraction of sp³-hybridized carbons (Fsp3) is 0.261. The van der Waals surface area contributed by atoms with Crippen molar-refractivity contribution in [2.75, 3.05) is 19.0 Å². The third-order valence-electron chi connectivity index (χ3n) is 4.28. The van der Waals surface area contributed by atoms with Crippen molar-refractivity contribution in [3.63, 3.8) is 0 Å². The van der Waals surface area contributed by atoms with Gasteiger partial charge >= 0.3 is 0 Å². The predicted molar refractivity (Wildman–Crippen MR) is 118 cm³/mol. The Labute approximate surface area is 180 Å². The van der Waals surface area contributed by atoms with Crippen LogP contribution in [0.15, 0.2) is 46.9 Å². The van der Waals surface area contributed by atoms with E-state index in [2.05, 4.69) is 10.3 Å². The largest absolute Gasteiger partial charge is 0.493 e. The second-order valence-electron chi connectivity index (χ2n) is 7.94. The predicted octanol–water partition coefficient (Wildman–Crippen LogP) is 3.65. The van der Waals surface area contributed by atoms with Crippen molar-refractivity contribution in [2.45, 2.75) is 26.2 Å². The van der Waals surface area contributed by atoms with Gasteiger partial charge in [-0.05, 0) is 42.0 Å². The number of amides is 2. The summed E-state index contributed by atoms with van der Waals surface area (Å²) in [5.74, 6) is 0.574. The lowest BCUT2D eigenvalue weighted by atomic mass is 9.97. The molecule has 162 valence electrons. The molecule has 1 heterocycles. The Morgan fingerprint density at radius 1 is 1.16 bits per heavy atom. The van der Waals surface area contributed by atoms with Crippen LogP contribution in [0.25, 0.3) is 17.2 Å². The summed E-state index contributed by atoms with van der Waals surface area (Å²) in [4.78, 5) is 27.7. The zero-order valence-electron chi connectivity index (χ0n) is 17.9. The first-order valence-corrected chi connectivity index (χ1v) is 9.65. The molecule has 0 aliphatic rings. The van der Waals surface area contributed by atoms with Gasteiger partial charge in [-0.25, -0.2) is 4.98 Å². The molecule has 2 amide bonds. The minimum Gasteiger partial charge on any atom is -0.493 e. The number of fused-ring (bicyclic) bond motifs is 1. The standard InChI is InChI=1S/C23H25N3O5/c1-23(2,3)22-26-16-12-15(7-9-17(16)31-22)25-21(28)10-6-14-5-8-18(19(11-14)29-4)30-13-20(24)27/h5-12H,13H2,1-4H3,(H2,24,27)(H,25,28)/b10-6+. The summed E-state index contributed by atoms with van der Waals surface area (Å²) >= 11 is 0. The van der Waals surface area contributed by atoms with Crippen LogP contribution in [0, 0.1) is 0 Å². The molecule has 0 fully saturated rings.